The molecule has 2 aromatic rings. The third-order valence-corrected chi connectivity index (χ3v) is 5.98. The van der Waals surface area contributed by atoms with Crippen LogP contribution in [0.5, 0.6) is 0 Å². The van der Waals surface area contributed by atoms with Gasteiger partial charge in [-0.05, 0) is 12.0 Å². The average molecular weight is 347 g/mol. The Labute approximate surface area is 145 Å². The van der Waals surface area contributed by atoms with Crippen LogP contribution in [-0.4, -0.2) is 20.1 Å². The predicted molar refractivity (Wildman–Crippen MR) is 98.7 cm³/mol. The minimum absolute atomic E-state index is 0.142. The van der Waals surface area contributed by atoms with Crippen molar-refractivity contribution in [2.45, 2.75) is 60.7 Å². The molecule has 0 saturated heterocycles. The molecule has 0 amide bonds. The lowest BCUT2D eigenvalue weighted by Crippen LogP contribution is -2.26. The molecule has 5 heteroatoms. The first-order valence-electron chi connectivity index (χ1n) is 8.05. The first kappa shape index (κ1) is 16.7. The van der Waals surface area contributed by atoms with Crippen molar-refractivity contribution < 1.29 is 0 Å². The molecule has 1 aliphatic rings. The van der Waals surface area contributed by atoms with Crippen LogP contribution in [0, 0.1) is 0 Å². The second-order valence-electron chi connectivity index (χ2n) is 6.16. The lowest BCUT2D eigenvalue weighted by molar-refractivity contribution is 0.564. The monoisotopic (exact) mass is 346 g/mol. The summed E-state index contributed by atoms with van der Waals surface area (Å²) in [6, 6.07) is 10.3. The first-order valence-corrected chi connectivity index (χ1v) is 9.81. The van der Waals surface area contributed by atoms with Gasteiger partial charge in [0.1, 0.15) is 0 Å². The zero-order valence-electron chi connectivity index (χ0n) is 13.8. The van der Waals surface area contributed by atoms with Gasteiger partial charge in [-0.3, -0.25) is 9.36 Å². The molecule has 0 spiro atoms. The summed E-state index contributed by atoms with van der Waals surface area (Å²) in [7, 11) is 0. The van der Waals surface area contributed by atoms with E-state index in [4.69, 9.17) is 4.98 Å². The maximum absolute atomic E-state index is 12.9. The first-order chi connectivity index (χ1) is 11.0. The summed E-state index contributed by atoms with van der Waals surface area (Å²) >= 11 is 3.36. The summed E-state index contributed by atoms with van der Waals surface area (Å²) in [5, 5.41) is 1.73. The largest absolute Gasteiger partial charge is 0.286 e. The molecule has 0 fully saturated rings. The van der Waals surface area contributed by atoms with Crippen LogP contribution in [0.2, 0.25) is 0 Å². The Morgan fingerprint density at radius 2 is 2.09 bits per heavy atom. The zero-order chi connectivity index (χ0) is 16.4. The van der Waals surface area contributed by atoms with E-state index in [2.05, 4.69) is 32.9 Å². The molecule has 23 heavy (non-hydrogen) atoms. The van der Waals surface area contributed by atoms with E-state index in [-0.39, 0.29) is 5.56 Å². The molecule has 3 rings (SSSR count). The van der Waals surface area contributed by atoms with Crippen LogP contribution in [0.15, 0.2) is 45.2 Å². The van der Waals surface area contributed by atoms with Gasteiger partial charge in [0.15, 0.2) is 5.16 Å². The van der Waals surface area contributed by atoms with Crippen LogP contribution in [0.4, 0.5) is 0 Å². The van der Waals surface area contributed by atoms with E-state index in [0.717, 1.165) is 28.6 Å². The van der Waals surface area contributed by atoms with E-state index in [1.54, 1.807) is 23.5 Å². The minimum atomic E-state index is 0.142. The Bertz CT molecular complexity index is 741. The molecular weight excluding hydrogens is 324 g/mol. The lowest BCUT2D eigenvalue weighted by atomic mass is 10.1. The van der Waals surface area contributed by atoms with E-state index in [1.165, 1.54) is 5.56 Å². The Morgan fingerprint density at radius 1 is 1.35 bits per heavy atom. The Balaban J connectivity index is 1.93. The van der Waals surface area contributed by atoms with Crippen LogP contribution in [0.25, 0.3) is 0 Å². The highest BCUT2D eigenvalue weighted by molar-refractivity contribution is 8.00. The second-order valence-corrected chi connectivity index (χ2v) is 9.15. The maximum atomic E-state index is 12.9. The van der Waals surface area contributed by atoms with Crippen molar-refractivity contribution in [1.82, 2.24) is 9.55 Å². The maximum Gasteiger partial charge on any atom is 0.268 e. The van der Waals surface area contributed by atoms with Crippen LogP contribution in [-0.2, 0) is 19.4 Å². The van der Waals surface area contributed by atoms with Crippen molar-refractivity contribution in [3.05, 3.63) is 51.9 Å². The van der Waals surface area contributed by atoms with Gasteiger partial charge >= 0.3 is 0 Å². The van der Waals surface area contributed by atoms with Crippen molar-refractivity contribution in [3.63, 3.8) is 0 Å². The molecule has 1 aliphatic heterocycles. The van der Waals surface area contributed by atoms with E-state index in [0.29, 0.717) is 17.0 Å². The fourth-order valence-corrected chi connectivity index (χ4v) is 4.72. The summed E-state index contributed by atoms with van der Waals surface area (Å²) in [4.78, 5) is 18.6. The number of benzene rings is 1. The molecule has 0 bridgehead atoms. The second kappa shape index (κ2) is 7.14. The summed E-state index contributed by atoms with van der Waals surface area (Å²) in [6.45, 7) is 7.13. The van der Waals surface area contributed by atoms with Crippen molar-refractivity contribution in [1.29, 1.82) is 0 Å². The lowest BCUT2D eigenvalue weighted by Gasteiger charge is -2.15. The van der Waals surface area contributed by atoms with Gasteiger partial charge < -0.3 is 0 Å². The van der Waals surface area contributed by atoms with Gasteiger partial charge in [-0.15, -0.1) is 11.8 Å². The topological polar surface area (TPSA) is 34.9 Å². The van der Waals surface area contributed by atoms with E-state index in [1.807, 2.05) is 22.8 Å². The molecule has 122 valence electrons. The normalized spacial score (nSPS) is 16.8. The van der Waals surface area contributed by atoms with Crippen molar-refractivity contribution >= 4 is 23.5 Å². The van der Waals surface area contributed by atoms with Gasteiger partial charge in [0.25, 0.3) is 5.56 Å². The third kappa shape index (κ3) is 3.83. The molecule has 2 heterocycles. The summed E-state index contributed by atoms with van der Waals surface area (Å²) < 4.78 is 1.88. The Hall–Kier alpha value is -1.20. The van der Waals surface area contributed by atoms with E-state index >= 15 is 0 Å². The fourth-order valence-electron chi connectivity index (χ4n) is 2.71. The van der Waals surface area contributed by atoms with Crippen molar-refractivity contribution in [2.24, 2.45) is 0 Å². The molecule has 1 unspecified atom stereocenters. The Morgan fingerprint density at radius 3 is 2.78 bits per heavy atom. The van der Waals surface area contributed by atoms with Crippen molar-refractivity contribution in [2.75, 3.05) is 0 Å². The van der Waals surface area contributed by atoms with Crippen LogP contribution < -0.4 is 5.56 Å². The highest BCUT2D eigenvalue weighted by atomic mass is 32.2. The van der Waals surface area contributed by atoms with Gasteiger partial charge in [-0.25, -0.2) is 4.98 Å². The number of hydrogen-bond acceptors (Lipinski definition) is 4. The smallest absolute Gasteiger partial charge is 0.268 e. The van der Waals surface area contributed by atoms with E-state index < -0.39 is 0 Å². The van der Waals surface area contributed by atoms with Crippen LogP contribution >= 0.6 is 23.5 Å². The molecule has 0 N–H and O–H groups in total. The molecule has 1 aromatic heterocycles. The highest BCUT2D eigenvalue weighted by Crippen LogP contribution is 2.34. The van der Waals surface area contributed by atoms with Gasteiger partial charge in [-0.1, -0.05) is 62.9 Å². The van der Waals surface area contributed by atoms with Gasteiger partial charge in [-0.2, -0.15) is 0 Å². The van der Waals surface area contributed by atoms with Gasteiger partial charge in [0, 0.05) is 23.5 Å². The molecular formula is C18H22N2OS2. The predicted octanol–water partition coefficient (Wildman–Crippen LogP) is 4.02. The summed E-state index contributed by atoms with van der Waals surface area (Å²) in [5.41, 5.74) is 2.39. The standard InChI is InChI=1S/C18H22N2OS2/c1-12(2)22-18-19-15-11-13(3)23-16(15)17(21)20(18)10-9-14-7-5-4-6-8-14/h4-8,12-13H,9-11H2,1-3H3. The SMILES string of the molecule is CC(C)Sc1nc2c(c(=O)n1CCc1ccccc1)SC(C)C2. The van der Waals surface area contributed by atoms with Crippen LogP contribution in [0.1, 0.15) is 32.0 Å². The number of hydrogen-bond donors (Lipinski definition) is 0. The molecule has 1 atom stereocenters. The quantitative estimate of drug-likeness (QED) is 0.605. The number of aromatic nitrogens is 2. The number of aryl methyl sites for hydroxylation is 1. The molecule has 1 aromatic carbocycles. The fraction of sp³-hybridized carbons (Fsp3) is 0.444. The average Bonchev–Trinajstić information content (AvgIpc) is 2.88. The van der Waals surface area contributed by atoms with Gasteiger partial charge in [0.05, 0.1) is 10.6 Å². The molecule has 0 aliphatic carbocycles. The summed E-state index contributed by atoms with van der Waals surface area (Å²) in [5.74, 6) is 0. The summed E-state index contributed by atoms with van der Waals surface area (Å²) in [6.07, 6.45) is 1.76. The third-order valence-electron chi connectivity index (χ3n) is 3.77. The van der Waals surface area contributed by atoms with Gasteiger partial charge in [0.2, 0.25) is 0 Å². The van der Waals surface area contributed by atoms with Crippen molar-refractivity contribution in [3.8, 4) is 0 Å². The number of fused-ring (bicyclic) bond motifs is 1. The molecule has 0 saturated carbocycles. The molecule has 0 radical (unpaired) electrons. The number of nitrogens with zero attached hydrogens (tertiary/aromatic N) is 2. The molecule has 3 nitrogen and oxygen atoms in total. The zero-order valence-corrected chi connectivity index (χ0v) is 15.4. The minimum Gasteiger partial charge on any atom is -0.286 e. The van der Waals surface area contributed by atoms with Crippen LogP contribution in [0.3, 0.4) is 0 Å². The highest BCUT2D eigenvalue weighted by Gasteiger charge is 2.26. The van der Waals surface area contributed by atoms with E-state index in [9.17, 15) is 4.79 Å². The number of rotatable bonds is 5. The Kier molecular flexibility index (Phi) is 5.17. The number of thioether (sulfide) groups is 2.